The number of aromatic hydroxyl groups is 2. The molecule has 2 amide bonds. The Labute approximate surface area is 193 Å². The average molecular weight is 509 g/mol. The molecule has 0 saturated heterocycles. The molecule has 0 fully saturated rings. The Balaban J connectivity index is 1.97. The van der Waals surface area contributed by atoms with Crippen LogP contribution in [0.25, 0.3) is 0 Å². The van der Waals surface area contributed by atoms with Gasteiger partial charge in [-0.3, -0.25) is 9.59 Å². The Morgan fingerprint density at radius 1 is 0.914 bits per heavy atom. The second kappa shape index (κ2) is 10.2. The molecule has 0 atom stereocenters. The summed E-state index contributed by atoms with van der Waals surface area (Å²) in [6.45, 7) is 1.45. The number of phenols is 2. The van der Waals surface area contributed by atoms with Gasteiger partial charge in [0.15, 0.2) is 11.5 Å². The van der Waals surface area contributed by atoms with Gasteiger partial charge in [0.05, 0.1) is 5.71 Å². The lowest BCUT2D eigenvalue weighted by Gasteiger charge is -2.27. The molecule has 0 aliphatic rings. The van der Waals surface area contributed by atoms with Crippen LogP contribution >= 0.6 is 0 Å². The summed E-state index contributed by atoms with van der Waals surface area (Å²) in [6.07, 6.45) is -6.44. The van der Waals surface area contributed by atoms with Crippen molar-refractivity contribution >= 4 is 23.2 Å². The summed E-state index contributed by atoms with van der Waals surface area (Å²) < 4.78 is 89.3. The number of phenolic OH excluding ortho intramolecular Hbond substituents is 2. The predicted molar refractivity (Wildman–Crippen MR) is 109 cm³/mol. The minimum atomic E-state index is -6.64. The van der Waals surface area contributed by atoms with E-state index in [4.69, 9.17) is 0 Å². The molecule has 2 aromatic rings. The highest BCUT2D eigenvalue weighted by Crippen LogP contribution is 2.46. The van der Waals surface area contributed by atoms with Crippen molar-refractivity contribution in [3.63, 3.8) is 0 Å². The number of benzene rings is 2. The molecule has 0 aliphatic heterocycles. The van der Waals surface area contributed by atoms with Gasteiger partial charge in [0.1, 0.15) is 0 Å². The van der Waals surface area contributed by atoms with Crippen LogP contribution in [0, 0.1) is 0 Å². The molecule has 0 aliphatic carbocycles. The van der Waals surface area contributed by atoms with E-state index in [2.05, 4.69) is 10.5 Å². The summed E-state index contributed by atoms with van der Waals surface area (Å²) in [6, 6.07) is 8.38. The van der Waals surface area contributed by atoms with E-state index >= 15 is 0 Å². The maximum Gasteiger partial charge on any atom is 0.460 e. The lowest BCUT2D eigenvalue weighted by atomic mass is 10.1. The largest absolute Gasteiger partial charge is 0.504 e. The Kier molecular flexibility index (Phi) is 7.98. The molecule has 4 N–H and O–H groups in total. The number of alkyl halides is 7. The second-order valence-corrected chi connectivity index (χ2v) is 7.23. The Bertz CT molecular complexity index is 1120. The van der Waals surface area contributed by atoms with E-state index in [0.29, 0.717) is 11.1 Å². The lowest BCUT2D eigenvalue weighted by Crippen LogP contribution is -2.57. The van der Waals surface area contributed by atoms with Gasteiger partial charge in [-0.15, -0.1) is 0 Å². The summed E-state index contributed by atoms with van der Waals surface area (Å²) >= 11 is 0. The summed E-state index contributed by atoms with van der Waals surface area (Å²) in [5.74, 6) is -16.6. The lowest BCUT2D eigenvalue weighted by molar-refractivity contribution is -0.343. The third-order valence-corrected chi connectivity index (χ3v) is 4.62. The molecule has 0 bridgehead atoms. The molecule has 2 aromatic carbocycles. The van der Waals surface area contributed by atoms with Gasteiger partial charge in [-0.05, 0) is 48.7 Å². The Morgan fingerprint density at radius 3 is 2.06 bits per heavy atom. The number of rotatable bonds is 8. The fourth-order valence-electron chi connectivity index (χ4n) is 2.57. The first kappa shape index (κ1) is 27.4. The number of carbonyl (C=O) groups excluding carboxylic acids is 2. The second-order valence-electron chi connectivity index (χ2n) is 7.23. The minimum Gasteiger partial charge on any atom is -0.504 e. The summed E-state index contributed by atoms with van der Waals surface area (Å²) in [5, 5.41) is 23.8. The van der Waals surface area contributed by atoms with E-state index in [0.717, 1.165) is 12.1 Å². The number of hydrogen-bond acceptors (Lipinski definition) is 5. The van der Waals surface area contributed by atoms with Gasteiger partial charge in [-0.25, -0.2) is 5.43 Å². The molecule has 35 heavy (non-hydrogen) atoms. The SMILES string of the molecule is C/C(=N\NC(=O)CCc1ccc(O)c(O)c1)c1ccc(NC(=O)C(F)(F)C(F)(F)C(F)(F)F)cc1. The predicted octanol–water partition coefficient (Wildman–Crippen LogP) is 4.34. The van der Waals surface area contributed by atoms with Crippen LogP contribution < -0.4 is 10.7 Å². The highest BCUT2D eigenvalue weighted by atomic mass is 19.4. The average Bonchev–Trinajstić information content (AvgIpc) is 2.77. The van der Waals surface area contributed by atoms with Crippen molar-refractivity contribution < 1.29 is 50.5 Å². The third kappa shape index (κ3) is 6.39. The van der Waals surface area contributed by atoms with Crippen molar-refractivity contribution in [3.8, 4) is 11.5 Å². The fourth-order valence-corrected chi connectivity index (χ4v) is 2.57. The number of aryl methyl sites for hydroxylation is 1. The van der Waals surface area contributed by atoms with Crippen molar-refractivity contribution in [3.05, 3.63) is 53.6 Å². The van der Waals surface area contributed by atoms with E-state index in [9.17, 15) is 50.5 Å². The quantitative estimate of drug-likeness (QED) is 0.184. The number of hydrazone groups is 1. The maximum atomic E-state index is 13.4. The van der Waals surface area contributed by atoms with Crippen LogP contribution in [0.3, 0.4) is 0 Å². The maximum absolute atomic E-state index is 13.4. The highest BCUT2D eigenvalue weighted by Gasteiger charge is 2.76. The van der Waals surface area contributed by atoms with Gasteiger partial charge in [-0.1, -0.05) is 18.2 Å². The number of halogens is 7. The van der Waals surface area contributed by atoms with Gasteiger partial charge in [0, 0.05) is 12.1 Å². The number of nitrogens with one attached hydrogen (secondary N) is 2. The molecular formula is C21H18F7N3O4. The van der Waals surface area contributed by atoms with Gasteiger partial charge in [0.2, 0.25) is 5.91 Å². The Morgan fingerprint density at radius 2 is 1.51 bits per heavy atom. The molecule has 0 heterocycles. The molecule has 0 spiro atoms. The first-order valence-corrected chi connectivity index (χ1v) is 9.64. The summed E-state index contributed by atoms with van der Waals surface area (Å²) in [4.78, 5) is 23.3. The smallest absolute Gasteiger partial charge is 0.460 e. The van der Waals surface area contributed by atoms with Crippen molar-refractivity contribution in [1.29, 1.82) is 0 Å². The fraction of sp³-hybridized carbons (Fsp3) is 0.286. The summed E-state index contributed by atoms with van der Waals surface area (Å²) in [5.41, 5.74) is 2.87. The zero-order valence-corrected chi connectivity index (χ0v) is 17.8. The van der Waals surface area contributed by atoms with Crippen LogP contribution in [-0.2, 0) is 16.0 Å². The first-order valence-electron chi connectivity index (χ1n) is 9.64. The number of carbonyl (C=O) groups is 2. The standard InChI is InChI=1S/C21H18F7N3O4/c1-11(30-31-17(34)9-3-12-2-8-15(32)16(33)10-12)13-4-6-14(7-5-13)29-18(35)19(22,23)20(24,25)21(26,27)28/h2,4-8,10,32-33H,3,9H2,1H3,(H,29,35)(H,31,34)/b30-11+. The van der Waals surface area contributed by atoms with Crippen LogP contribution in [0.1, 0.15) is 24.5 Å². The van der Waals surface area contributed by atoms with Crippen molar-refractivity contribution in [2.24, 2.45) is 5.10 Å². The molecule has 190 valence electrons. The highest BCUT2D eigenvalue weighted by molar-refractivity contribution is 6.00. The van der Waals surface area contributed by atoms with Gasteiger partial charge < -0.3 is 15.5 Å². The Hall–Kier alpha value is -3.84. The normalized spacial score (nSPS) is 12.9. The molecule has 7 nitrogen and oxygen atoms in total. The topological polar surface area (TPSA) is 111 Å². The molecule has 0 saturated carbocycles. The zero-order valence-electron chi connectivity index (χ0n) is 17.8. The number of nitrogens with zero attached hydrogens (tertiary/aromatic N) is 1. The monoisotopic (exact) mass is 509 g/mol. The molecule has 14 heteroatoms. The first-order chi connectivity index (χ1) is 16.1. The van der Waals surface area contributed by atoms with E-state index in [-0.39, 0.29) is 30.1 Å². The van der Waals surface area contributed by atoms with Crippen LogP contribution in [-0.4, -0.2) is 45.8 Å². The van der Waals surface area contributed by atoms with Gasteiger partial charge >= 0.3 is 23.9 Å². The van der Waals surface area contributed by atoms with E-state index in [1.807, 2.05) is 0 Å². The molecular weight excluding hydrogens is 491 g/mol. The van der Waals surface area contributed by atoms with Gasteiger partial charge in [0.25, 0.3) is 0 Å². The number of anilines is 1. The van der Waals surface area contributed by atoms with Crippen molar-refractivity contribution in [2.75, 3.05) is 5.32 Å². The van der Waals surface area contributed by atoms with Gasteiger partial charge in [-0.2, -0.15) is 35.8 Å². The summed E-state index contributed by atoms with van der Waals surface area (Å²) in [7, 11) is 0. The molecule has 2 rings (SSSR count). The molecule has 0 aromatic heterocycles. The number of hydrogen-bond donors (Lipinski definition) is 4. The van der Waals surface area contributed by atoms with Crippen LogP contribution in [0.4, 0.5) is 36.4 Å². The third-order valence-electron chi connectivity index (χ3n) is 4.62. The van der Waals surface area contributed by atoms with E-state index in [1.54, 1.807) is 0 Å². The van der Waals surface area contributed by atoms with E-state index in [1.165, 1.54) is 42.6 Å². The molecule has 0 radical (unpaired) electrons. The van der Waals surface area contributed by atoms with Crippen molar-refractivity contribution in [2.45, 2.75) is 37.8 Å². The van der Waals surface area contributed by atoms with Crippen LogP contribution in [0.5, 0.6) is 11.5 Å². The minimum absolute atomic E-state index is 0.0251. The van der Waals surface area contributed by atoms with Crippen molar-refractivity contribution in [1.82, 2.24) is 5.43 Å². The molecule has 0 unspecified atom stereocenters. The van der Waals surface area contributed by atoms with Crippen LogP contribution in [0.15, 0.2) is 47.6 Å². The van der Waals surface area contributed by atoms with E-state index < -0.39 is 35.5 Å². The zero-order chi connectivity index (χ0) is 26.6. The van der Waals surface area contributed by atoms with Crippen LogP contribution in [0.2, 0.25) is 0 Å². The number of amides is 2.